The van der Waals surface area contributed by atoms with Crippen molar-refractivity contribution in [2.24, 2.45) is 0 Å². The van der Waals surface area contributed by atoms with Crippen molar-refractivity contribution in [3.63, 3.8) is 0 Å². The molecule has 3 N–H and O–H groups in total. The maximum absolute atomic E-state index is 11.9. The molecule has 112 valence electrons. The smallest absolute Gasteiger partial charge is 0.261 e. The first-order chi connectivity index (χ1) is 9.65. The summed E-state index contributed by atoms with van der Waals surface area (Å²) in [4.78, 5) is 14.3. The number of hydrogen-bond donors (Lipinski definition) is 2. The lowest BCUT2D eigenvalue weighted by Crippen LogP contribution is -2.22. The van der Waals surface area contributed by atoms with Crippen molar-refractivity contribution in [1.82, 2.24) is 15.0 Å². The molecule has 0 unspecified atom stereocenters. The molecular formula is C11H18F2N6O. The predicted molar refractivity (Wildman–Crippen MR) is 71.0 cm³/mol. The van der Waals surface area contributed by atoms with Gasteiger partial charge < -0.3 is 20.7 Å². The van der Waals surface area contributed by atoms with Gasteiger partial charge in [0.05, 0.1) is 6.61 Å². The van der Waals surface area contributed by atoms with Gasteiger partial charge in [-0.25, -0.2) is 8.78 Å². The standard InChI is InChI=1S/C11H18F2N6O/c12-8(13)7-20-6-3-15-10-16-9(14)17-11(18-10)19-4-1-2-5-19/h8H,1-7H2,(H3,14,15,16,17,18). The van der Waals surface area contributed by atoms with Crippen molar-refractivity contribution >= 4 is 17.8 Å². The lowest BCUT2D eigenvalue weighted by molar-refractivity contribution is 0.0214. The van der Waals surface area contributed by atoms with Crippen LogP contribution in [-0.2, 0) is 4.74 Å². The minimum absolute atomic E-state index is 0.137. The zero-order chi connectivity index (χ0) is 14.4. The van der Waals surface area contributed by atoms with E-state index in [0.29, 0.717) is 18.4 Å². The van der Waals surface area contributed by atoms with Gasteiger partial charge in [-0.15, -0.1) is 0 Å². The van der Waals surface area contributed by atoms with Crippen LogP contribution in [0.3, 0.4) is 0 Å². The number of aromatic nitrogens is 3. The third-order valence-corrected chi connectivity index (χ3v) is 2.80. The number of ether oxygens (including phenoxy) is 1. The molecule has 0 saturated carbocycles. The van der Waals surface area contributed by atoms with E-state index in [9.17, 15) is 8.78 Å². The molecule has 0 amide bonds. The van der Waals surface area contributed by atoms with Gasteiger partial charge in [0.15, 0.2) is 0 Å². The second-order valence-corrected chi connectivity index (χ2v) is 4.40. The summed E-state index contributed by atoms with van der Waals surface area (Å²) >= 11 is 0. The maximum atomic E-state index is 11.9. The molecule has 2 heterocycles. The van der Waals surface area contributed by atoms with E-state index in [0.717, 1.165) is 25.9 Å². The van der Waals surface area contributed by atoms with Crippen molar-refractivity contribution in [3.8, 4) is 0 Å². The maximum Gasteiger partial charge on any atom is 0.261 e. The predicted octanol–water partition coefficient (Wildman–Crippen LogP) is 0.748. The molecule has 0 radical (unpaired) electrons. The Morgan fingerprint density at radius 2 is 2.00 bits per heavy atom. The Labute approximate surface area is 115 Å². The van der Waals surface area contributed by atoms with Crippen LogP contribution in [0.2, 0.25) is 0 Å². The summed E-state index contributed by atoms with van der Waals surface area (Å²) in [6.45, 7) is 1.71. The van der Waals surface area contributed by atoms with E-state index in [2.05, 4.69) is 20.3 Å². The molecule has 1 aliphatic heterocycles. The van der Waals surface area contributed by atoms with Crippen LogP contribution in [0.1, 0.15) is 12.8 Å². The van der Waals surface area contributed by atoms with Crippen molar-refractivity contribution < 1.29 is 13.5 Å². The summed E-state index contributed by atoms with van der Waals surface area (Å²) < 4.78 is 28.5. The highest BCUT2D eigenvalue weighted by atomic mass is 19.3. The molecular weight excluding hydrogens is 270 g/mol. The topological polar surface area (TPSA) is 89.2 Å². The molecule has 0 atom stereocenters. The van der Waals surface area contributed by atoms with Crippen molar-refractivity contribution in [3.05, 3.63) is 0 Å². The second kappa shape index (κ2) is 7.13. The summed E-state index contributed by atoms with van der Waals surface area (Å²) in [5.74, 6) is 1.02. The van der Waals surface area contributed by atoms with Crippen molar-refractivity contribution in [1.29, 1.82) is 0 Å². The summed E-state index contributed by atoms with van der Waals surface area (Å²) in [5, 5.41) is 2.88. The number of hydrogen-bond acceptors (Lipinski definition) is 7. The monoisotopic (exact) mass is 288 g/mol. The molecule has 0 aliphatic carbocycles. The molecule has 20 heavy (non-hydrogen) atoms. The van der Waals surface area contributed by atoms with E-state index in [-0.39, 0.29) is 12.6 Å². The van der Waals surface area contributed by atoms with Gasteiger partial charge >= 0.3 is 0 Å². The van der Waals surface area contributed by atoms with Gasteiger partial charge in [0.1, 0.15) is 6.61 Å². The average Bonchev–Trinajstić information content (AvgIpc) is 2.91. The number of nitrogens with zero attached hydrogens (tertiary/aromatic N) is 4. The van der Waals surface area contributed by atoms with Crippen LogP contribution in [0.5, 0.6) is 0 Å². The van der Waals surface area contributed by atoms with Gasteiger partial charge in [-0.1, -0.05) is 0 Å². The van der Waals surface area contributed by atoms with Crippen molar-refractivity contribution in [2.75, 3.05) is 48.8 Å². The highest BCUT2D eigenvalue weighted by molar-refractivity contribution is 5.42. The largest absolute Gasteiger partial charge is 0.374 e. The van der Waals surface area contributed by atoms with Gasteiger partial charge in [-0.3, -0.25) is 0 Å². The lowest BCUT2D eigenvalue weighted by Gasteiger charge is -2.16. The Balaban J connectivity index is 1.84. The van der Waals surface area contributed by atoms with Gasteiger partial charge in [0, 0.05) is 19.6 Å². The zero-order valence-electron chi connectivity index (χ0n) is 11.1. The normalized spacial score (nSPS) is 15.1. The molecule has 7 nitrogen and oxygen atoms in total. The molecule has 0 bridgehead atoms. The van der Waals surface area contributed by atoms with Crippen LogP contribution >= 0.6 is 0 Å². The van der Waals surface area contributed by atoms with E-state index >= 15 is 0 Å². The van der Waals surface area contributed by atoms with Gasteiger partial charge in [-0.2, -0.15) is 15.0 Å². The molecule has 0 aromatic carbocycles. The van der Waals surface area contributed by atoms with Crippen LogP contribution in [0.25, 0.3) is 0 Å². The zero-order valence-corrected chi connectivity index (χ0v) is 11.1. The van der Waals surface area contributed by atoms with E-state index < -0.39 is 13.0 Å². The fraction of sp³-hybridized carbons (Fsp3) is 0.727. The molecule has 1 aliphatic rings. The average molecular weight is 288 g/mol. The Kier molecular flexibility index (Phi) is 5.22. The molecule has 2 rings (SSSR count). The highest BCUT2D eigenvalue weighted by Gasteiger charge is 2.16. The van der Waals surface area contributed by atoms with E-state index in [4.69, 9.17) is 10.5 Å². The quantitative estimate of drug-likeness (QED) is 0.715. The Bertz CT molecular complexity index is 427. The molecule has 0 spiro atoms. The second-order valence-electron chi connectivity index (χ2n) is 4.40. The number of nitrogen functional groups attached to an aromatic ring is 1. The van der Waals surface area contributed by atoms with Crippen LogP contribution in [0.4, 0.5) is 26.6 Å². The number of alkyl halides is 2. The molecule has 9 heteroatoms. The molecule has 1 fully saturated rings. The van der Waals surface area contributed by atoms with Crippen LogP contribution in [0, 0.1) is 0 Å². The number of anilines is 3. The highest BCUT2D eigenvalue weighted by Crippen LogP contribution is 2.17. The first-order valence-corrected chi connectivity index (χ1v) is 6.51. The lowest BCUT2D eigenvalue weighted by atomic mass is 10.4. The van der Waals surface area contributed by atoms with Crippen LogP contribution in [0.15, 0.2) is 0 Å². The van der Waals surface area contributed by atoms with Crippen molar-refractivity contribution in [2.45, 2.75) is 19.3 Å². The SMILES string of the molecule is Nc1nc(NCCOCC(F)F)nc(N2CCCC2)n1. The van der Waals surface area contributed by atoms with Gasteiger partial charge in [0.25, 0.3) is 6.43 Å². The number of halogens is 2. The summed E-state index contributed by atoms with van der Waals surface area (Å²) in [7, 11) is 0. The minimum Gasteiger partial charge on any atom is -0.374 e. The van der Waals surface area contributed by atoms with E-state index in [1.165, 1.54) is 0 Å². The van der Waals surface area contributed by atoms with E-state index in [1.54, 1.807) is 0 Å². The molecule has 1 aromatic rings. The summed E-state index contributed by atoms with van der Waals surface area (Å²) in [6, 6.07) is 0. The Morgan fingerprint density at radius 1 is 1.25 bits per heavy atom. The first-order valence-electron chi connectivity index (χ1n) is 6.51. The fourth-order valence-electron chi connectivity index (χ4n) is 1.93. The van der Waals surface area contributed by atoms with E-state index in [1.807, 2.05) is 4.90 Å². The fourth-order valence-corrected chi connectivity index (χ4v) is 1.93. The minimum atomic E-state index is -2.45. The molecule has 1 saturated heterocycles. The number of rotatable bonds is 7. The van der Waals surface area contributed by atoms with Gasteiger partial charge in [-0.05, 0) is 12.8 Å². The van der Waals surface area contributed by atoms with Crippen LogP contribution in [-0.4, -0.2) is 54.2 Å². The van der Waals surface area contributed by atoms with Gasteiger partial charge in [0.2, 0.25) is 17.8 Å². The number of nitrogens with two attached hydrogens (primary N) is 1. The third-order valence-electron chi connectivity index (χ3n) is 2.80. The Hall–Kier alpha value is -1.77. The Morgan fingerprint density at radius 3 is 2.70 bits per heavy atom. The summed E-state index contributed by atoms with van der Waals surface area (Å²) in [6.07, 6.45) is -0.240. The third kappa shape index (κ3) is 4.41. The molecule has 1 aromatic heterocycles. The summed E-state index contributed by atoms with van der Waals surface area (Å²) in [5.41, 5.74) is 5.64. The van der Waals surface area contributed by atoms with Crippen LogP contribution < -0.4 is 16.0 Å². The first kappa shape index (κ1) is 14.6. The number of nitrogens with one attached hydrogen (secondary N) is 1.